The summed E-state index contributed by atoms with van der Waals surface area (Å²) in [4.78, 5) is 12.6. The van der Waals surface area contributed by atoms with Crippen LogP contribution in [0, 0.1) is 0 Å². The molecule has 0 aliphatic rings. The van der Waals surface area contributed by atoms with Crippen LogP contribution in [0.1, 0.15) is 24.2 Å². The Bertz CT molecular complexity index is 614. The molecule has 2 N–H and O–H groups in total. The maximum absolute atomic E-state index is 12.6. The smallest absolute Gasteiger partial charge is 0.265 e. The lowest BCUT2D eigenvalue weighted by Gasteiger charge is -2.20. The number of likely N-dealkylation sites (N-methyl/N-ethyl adjacent to an activating group) is 1. The molecule has 1 unspecified atom stereocenters. The maximum Gasteiger partial charge on any atom is 0.265 e. The number of para-hydroxylation sites is 1. The van der Waals surface area contributed by atoms with Crippen molar-refractivity contribution >= 4 is 5.91 Å². The number of hydrogen-bond acceptors (Lipinski definition) is 3. The lowest BCUT2D eigenvalue weighted by Crippen LogP contribution is -2.36. The summed E-state index contributed by atoms with van der Waals surface area (Å²) >= 11 is 0. The Balaban J connectivity index is 2.21. The Hall–Kier alpha value is -2.33. The Morgan fingerprint density at radius 2 is 1.74 bits per heavy atom. The molecule has 1 amide bonds. The quantitative estimate of drug-likeness (QED) is 0.737. The second-order valence-electron chi connectivity index (χ2n) is 5.26. The normalized spacial score (nSPS) is 11.7. The molecule has 0 spiro atoms. The highest BCUT2D eigenvalue weighted by molar-refractivity contribution is 5.82. The van der Waals surface area contributed by atoms with Crippen LogP contribution in [0.4, 0.5) is 0 Å². The Morgan fingerprint density at radius 3 is 2.43 bits per heavy atom. The molecule has 23 heavy (non-hydrogen) atoms. The van der Waals surface area contributed by atoms with Crippen molar-refractivity contribution < 1.29 is 9.53 Å². The molecule has 0 fully saturated rings. The SMILES string of the molecule is CCc1ccccc1OC(C(=O)NCCNC)c1ccccc1. The zero-order valence-electron chi connectivity index (χ0n) is 13.7. The van der Waals surface area contributed by atoms with Gasteiger partial charge in [-0.3, -0.25) is 4.79 Å². The minimum Gasteiger partial charge on any atom is -0.476 e. The zero-order valence-corrected chi connectivity index (χ0v) is 13.7. The highest BCUT2D eigenvalue weighted by atomic mass is 16.5. The van der Waals surface area contributed by atoms with Crippen molar-refractivity contribution in [3.8, 4) is 5.75 Å². The van der Waals surface area contributed by atoms with Gasteiger partial charge in [-0.1, -0.05) is 55.5 Å². The Morgan fingerprint density at radius 1 is 1.04 bits per heavy atom. The monoisotopic (exact) mass is 312 g/mol. The van der Waals surface area contributed by atoms with E-state index in [9.17, 15) is 4.79 Å². The average molecular weight is 312 g/mol. The van der Waals surface area contributed by atoms with Crippen molar-refractivity contribution in [3.05, 3.63) is 65.7 Å². The van der Waals surface area contributed by atoms with Gasteiger partial charge in [-0.05, 0) is 25.1 Å². The molecule has 2 rings (SSSR count). The van der Waals surface area contributed by atoms with Crippen molar-refractivity contribution in [3.63, 3.8) is 0 Å². The molecule has 0 bridgehead atoms. The van der Waals surface area contributed by atoms with E-state index in [1.165, 1.54) is 0 Å². The number of nitrogens with one attached hydrogen (secondary N) is 2. The molecule has 4 heteroatoms. The Kier molecular flexibility index (Phi) is 6.63. The van der Waals surface area contributed by atoms with Crippen LogP contribution < -0.4 is 15.4 Å². The first kappa shape index (κ1) is 17.0. The van der Waals surface area contributed by atoms with Gasteiger partial charge >= 0.3 is 0 Å². The number of ether oxygens (including phenoxy) is 1. The fourth-order valence-electron chi connectivity index (χ4n) is 2.34. The van der Waals surface area contributed by atoms with Gasteiger partial charge in [-0.2, -0.15) is 0 Å². The van der Waals surface area contributed by atoms with E-state index in [-0.39, 0.29) is 5.91 Å². The first-order chi connectivity index (χ1) is 11.3. The van der Waals surface area contributed by atoms with Crippen LogP contribution in [0.15, 0.2) is 54.6 Å². The third-order valence-corrected chi connectivity index (χ3v) is 3.61. The predicted molar refractivity (Wildman–Crippen MR) is 92.6 cm³/mol. The van der Waals surface area contributed by atoms with Gasteiger partial charge in [0.2, 0.25) is 6.10 Å². The number of hydrogen-bond donors (Lipinski definition) is 2. The summed E-state index contributed by atoms with van der Waals surface area (Å²) < 4.78 is 6.08. The number of benzene rings is 2. The van der Waals surface area contributed by atoms with Crippen LogP contribution in [-0.4, -0.2) is 26.0 Å². The first-order valence-electron chi connectivity index (χ1n) is 7.98. The lowest BCUT2D eigenvalue weighted by atomic mass is 10.1. The van der Waals surface area contributed by atoms with Gasteiger partial charge in [-0.25, -0.2) is 0 Å². The van der Waals surface area contributed by atoms with Crippen molar-refractivity contribution in [2.45, 2.75) is 19.4 Å². The predicted octanol–water partition coefficient (Wildman–Crippen LogP) is 2.70. The highest BCUT2D eigenvalue weighted by Gasteiger charge is 2.23. The molecule has 1 atom stereocenters. The second-order valence-corrected chi connectivity index (χ2v) is 5.26. The minimum atomic E-state index is -0.652. The molecule has 0 saturated carbocycles. The largest absolute Gasteiger partial charge is 0.476 e. The van der Waals surface area contributed by atoms with Crippen molar-refractivity contribution in [2.24, 2.45) is 0 Å². The summed E-state index contributed by atoms with van der Waals surface area (Å²) in [5.74, 6) is 0.630. The number of aryl methyl sites for hydroxylation is 1. The maximum atomic E-state index is 12.6. The number of carbonyl (C=O) groups excluding carboxylic acids is 1. The first-order valence-corrected chi connectivity index (χ1v) is 7.98. The molecule has 4 nitrogen and oxygen atoms in total. The van der Waals surface area contributed by atoms with Crippen LogP contribution >= 0.6 is 0 Å². The summed E-state index contributed by atoms with van der Waals surface area (Å²) in [6, 6.07) is 17.4. The lowest BCUT2D eigenvalue weighted by molar-refractivity contribution is -0.128. The topological polar surface area (TPSA) is 50.4 Å². The van der Waals surface area contributed by atoms with E-state index >= 15 is 0 Å². The van der Waals surface area contributed by atoms with E-state index in [1.54, 1.807) is 0 Å². The molecule has 0 radical (unpaired) electrons. The van der Waals surface area contributed by atoms with Gasteiger partial charge in [-0.15, -0.1) is 0 Å². The molecule has 0 aromatic heterocycles. The van der Waals surface area contributed by atoms with E-state index in [0.29, 0.717) is 6.54 Å². The van der Waals surface area contributed by atoms with Crippen LogP contribution in [0.5, 0.6) is 5.75 Å². The van der Waals surface area contributed by atoms with Crippen LogP contribution in [0.3, 0.4) is 0 Å². The van der Waals surface area contributed by atoms with Gasteiger partial charge in [0.1, 0.15) is 5.75 Å². The standard InChI is InChI=1S/C19H24N2O2/c1-3-15-9-7-8-12-17(15)23-18(16-10-5-4-6-11-16)19(22)21-14-13-20-2/h4-12,18,20H,3,13-14H2,1-2H3,(H,21,22). The highest BCUT2D eigenvalue weighted by Crippen LogP contribution is 2.26. The molecule has 122 valence electrons. The van der Waals surface area contributed by atoms with Crippen molar-refractivity contribution in [1.82, 2.24) is 10.6 Å². The fourth-order valence-corrected chi connectivity index (χ4v) is 2.34. The molecule has 0 aliphatic carbocycles. The van der Waals surface area contributed by atoms with Crippen LogP contribution in [0.2, 0.25) is 0 Å². The van der Waals surface area contributed by atoms with E-state index in [2.05, 4.69) is 17.6 Å². The molecule has 0 aliphatic heterocycles. The molecular weight excluding hydrogens is 288 g/mol. The van der Waals surface area contributed by atoms with Crippen molar-refractivity contribution in [1.29, 1.82) is 0 Å². The van der Waals surface area contributed by atoms with E-state index in [1.807, 2.05) is 61.6 Å². The summed E-state index contributed by atoms with van der Waals surface area (Å²) in [5, 5.41) is 5.93. The third-order valence-electron chi connectivity index (χ3n) is 3.61. The molecule has 0 saturated heterocycles. The van der Waals surface area contributed by atoms with Crippen molar-refractivity contribution in [2.75, 3.05) is 20.1 Å². The summed E-state index contributed by atoms with van der Waals surface area (Å²) in [7, 11) is 1.86. The fraction of sp³-hybridized carbons (Fsp3) is 0.316. The van der Waals surface area contributed by atoms with Crippen LogP contribution in [-0.2, 0) is 11.2 Å². The van der Waals surface area contributed by atoms with Gasteiger partial charge < -0.3 is 15.4 Å². The molecule has 0 heterocycles. The molecule has 2 aromatic rings. The third kappa shape index (κ3) is 4.83. The minimum absolute atomic E-state index is 0.127. The number of amides is 1. The van der Waals surface area contributed by atoms with Gasteiger partial charge in [0, 0.05) is 18.7 Å². The van der Waals surface area contributed by atoms with E-state index in [0.717, 1.165) is 29.8 Å². The van der Waals surface area contributed by atoms with Gasteiger partial charge in [0.05, 0.1) is 0 Å². The summed E-state index contributed by atoms with van der Waals surface area (Å²) in [6.45, 7) is 3.36. The Labute approximate surface area is 137 Å². The second kappa shape index (κ2) is 8.96. The summed E-state index contributed by atoms with van der Waals surface area (Å²) in [5.41, 5.74) is 1.94. The molecular formula is C19H24N2O2. The van der Waals surface area contributed by atoms with Crippen LogP contribution in [0.25, 0.3) is 0 Å². The number of rotatable bonds is 8. The van der Waals surface area contributed by atoms with Gasteiger partial charge in [0.15, 0.2) is 0 Å². The van der Waals surface area contributed by atoms with E-state index < -0.39 is 6.10 Å². The molecule has 2 aromatic carbocycles. The zero-order chi connectivity index (χ0) is 16.5. The van der Waals surface area contributed by atoms with Gasteiger partial charge in [0.25, 0.3) is 5.91 Å². The summed E-state index contributed by atoms with van der Waals surface area (Å²) in [6.07, 6.45) is 0.208. The van der Waals surface area contributed by atoms with E-state index in [4.69, 9.17) is 4.74 Å². The number of carbonyl (C=O) groups is 1. The average Bonchev–Trinajstić information content (AvgIpc) is 2.60.